The van der Waals surface area contributed by atoms with Crippen molar-refractivity contribution in [2.75, 3.05) is 11.9 Å². The highest BCUT2D eigenvalue weighted by molar-refractivity contribution is 7.16. The van der Waals surface area contributed by atoms with Crippen molar-refractivity contribution < 1.29 is 14.3 Å². The average Bonchev–Trinajstić information content (AvgIpc) is 3.31. The maximum atomic E-state index is 12.8. The Morgan fingerprint density at radius 3 is 2.70 bits per heavy atom. The number of nitrogens with one attached hydrogen (secondary N) is 2. The highest BCUT2D eigenvalue weighted by Crippen LogP contribution is 2.33. The number of aromatic nitrogens is 2. The van der Waals surface area contributed by atoms with Gasteiger partial charge < -0.3 is 10.1 Å². The van der Waals surface area contributed by atoms with Crippen LogP contribution in [0.4, 0.5) is 5.00 Å². The Morgan fingerprint density at radius 1 is 1.30 bits per heavy atom. The molecule has 0 fully saturated rings. The fraction of sp³-hybridized carbons (Fsp3) is 0.182. The number of benzene rings is 1. The molecule has 0 saturated carbocycles. The summed E-state index contributed by atoms with van der Waals surface area (Å²) >= 11 is 1.27. The molecule has 7 nitrogen and oxygen atoms in total. The molecule has 0 bridgehead atoms. The lowest BCUT2D eigenvalue weighted by atomic mass is 10.1. The Bertz CT molecular complexity index is 1150. The first kappa shape index (κ1) is 21.0. The topological polar surface area (TPSA) is 108 Å². The molecule has 0 aliphatic carbocycles. The van der Waals surface area contributed by atoms with E-state index >= 15 is 0 Å². The monoisotopic (exact) mass is 420 g/mol. The van der Waals surface area contributed by atoms with Gasteiger partial charge in [-0.25, -0.2) is 4.79 Å². The van der Waals surface area contributed by atoms with Gasteiger partial charge in [0.1, 0.15) is 16.6 Å². The van der Waals surface area contributed by atoms with Gasteiger partial charge in [-0.05, 0) is 32.4 Å². The molecule has 0 aliphatic rings. The number of esters is 1. The van der Waals surface area contributed by atoms with Gasteiger partial charge in [0, 0.05) is 16.0 Å². The molecule has 0 aliphatic heterocycles. The van der Waals surface area contributed by atoms with Crippen LogP contribution in [0, 0.1) is 25.2 Å². The number of hydrogen-bond donors (Lipinski definition) is 2. The molecular formula is C22H20N4O3S. The summed E-state index contributed by atoms with van der Waals surface area (Å²) in [6.45, 7) is 5.60. The number of aromatic amines is 1. The molecule has 0 radical (unpaired) electrons. The molecule has 152 valence electrons. The second-order valence-electron chi connectivity index (χ2n) is 6.40. The van der Waals surface area contributed by atoms with E-state index in [-0.39, 0.29) is 12.2 Å². The number of hydrogen-bond acceptors (Lipinski definition) is 6. The molecule has 3 aromatic rings. The smallest absolute Gasteiger partial charge is 0.341 e. The molecule has 2 N–H and O–H groups in total. The molecule has 8 heteroatoms. The number of nitriles is 1. The maximum Gasteiger partial charge on any atom is 0.341 e. The van der Waals surface area contributed by atoms with Crippen LogP contribution >= 0.6 is 11.3 Å². The van der Waals surface area contributed by atoms with Crippen LogP contribution in [0.25, 0.3) is 17.3 Å². The van der Waals surface area contributed by atoms with Gasteiger partial charge in [0.05, 0.1) is 24.1 Å². The van der Waals surface area contributed by atoms with E-state index in [0.29, 0.717) is 21.8 Å². The van der Waals surface area contributed by atoms with Crippen LogP contribution in [0.5, 0.6) is 0 Å². The van der Waals surface area contributed by atoms with Crippen LogP contribution in [-0.2, 0) is 9.53 Å². The first-order valence-electron chi connectivity index (χ1n) is 9.25. The number of carbonyl (C=O) groups is 2. The maximum absolute atomic E-state index is 12.8. The molecule has 0 saturated heterocycles. The summed E-state index contributed by atoms with van der Waals surface area (Å²) in [5.74, 6) is -1.11. The zero-order valence-electron chi connectivity index (χ0n) is 16.8. The molecule has 3 rings (SSSR count). The van der Waals surface area contributed by atoms with Crippen LogP contribution in [0.1, 0.15) is 33.3 Å². The Hall–Kier alpha value is -3.70. The normalized spacial score (nSPS) is 11.1. The van der Waals surface area contributed by atoms with Crippen molar-refractivity contribution in [1.29, 1.82) is 5.26 Å². The highest BCUT2D eigenvalue weighted by Gasteiger charge is 2.23. The summed E-state index contributed by atoms with van der Waals surface area (Å²) in [4.78, 5) is 26.0. The molecule has 0 unspecified atom stereocenters. The van der Waals surface area contributed by atoms with E-state index in [1.165, 1.54) is 17.4 Å². The van der Waals surface area contributed by atoms with Crippen molar-refractivity contribution in [1.82, 2.24) is 10.2 Å². The molecular weight excluding hydrogens is 400 g/mol. The first-order chi connectivity index (χ1) is 14.5. The number of anilines is 1. The fourth-order valence-electron chi connectivity index (χ4n) is 2.88. The summed E-state index contributed by atoms with van der Waals surface area (Å²) in [6, 6.07) is 11.4. The fourth-order valence-corrected chi connectivity index (χ4v) is 3.92. The van der Waals surface area contributed by atoms with Gasteiger partial charge >= 0.3 is 5.97 Å². The van der Waals surface area contributed by atoms with E-state index in [4.69, 9.17) is 4.74 Å². The van der Waals surface area contributed by atoms with E-state index in [0.717, 1.165) is 16.0 Å². The average molecular weight is 420 g/mol. The van der Waals surface area contributed by atoms with Crippen LogP contribution in [0.3, 0.4) is 0 Å². The molecule has 0 atom stereocenters. The van der Waals surface area contributed by atoms with Gasteiger partial charge in [-0.3, -0.25) is 9.89 Å². The van der Waals surface area contributed by atoms with E-state index in [2.05, 4.69) is 15.5 Å². The lowest BCUT2D eigenvalue weighted by Gasteiger charge is -2.07. The predicted molar refractivity (Wildman–Crippen MR) is 116 cm³/mol. The summed E-state index contributed by atoms with van der Waals surface area (Å²) in [5, 5.41) is 19.5. The van der Waals surface area contributed by atoms with E-state index in [9.17, 15) is 14.9 Å². The zero-order valence-corrected chi connectivity index (χ0v) is 17.6. The number of aryl methyl sites for hydroxylation is 1. The molecule has 1 aromatic carbocycles. The predicted octanol–water partition coefficient (Wildman–Crippen LogP) is 4.48. The Balaban J connectivity index is 1.91. The molecule has 2 heterocycles. The van der Waals surface area contributed by atoms with Crippen LogP contribution < -0.4 is 5.32 Å². The third kappa shape index (κ3) is 4.31. The molecule has 0 spiro atoms. The van der Waals surface area contributed by atoms with Crippen LogP contribution in [0.2, 0.25) is 0 Å². The SMILES string of the molecule is CCOC(=O)c1c(NC(=O)/C(C#N)=C\c2cn[nH]c2-c2ccccc2)sc(C)c1C. The molecule has 1 amide bonds. The first-order valence-corrected chi connectivity index (χ1v) is 10.1. The standard InChI is InChI=1S/C22H20N4O3S/c1-4-29-22(28)18-13(2)14(3)30-21(18)25-20(27)16(11-23)10-17-12-24-26-19(17)15-8-6-5-7-9-15/h5-10,12H,4H2,1-3H3,(H,24,26)(H,25,27)/b16-10-. The van der Waals surface area contributed by atoms with Crippen LogP contribution in [-0.4, -0.2) is 28.7 Å². The zero-order chi connectivity index (χ0) is 21.7. The van der Waals surface area contributed by atoms with Gasteiger partial charge in [-0.1, -0.05) is 30.3 Å². The van der Waals surface area contributed by atoms with Crippen molar-refractivity contribution in [3.05, 3.63) is 63.7 Å². The van der Waals surface area contributed by atoms with Gasteiger partial charge in [0.2, 0.25) is 0 Å². The van der Waals surface area contributed by atoms with Crippen molar-refractivity contribution in [3.63, 3.8) is 0 Å². The lowest BCUT2D eigenvalue weighted by molar-refractivity contribution is -0.112. The highest BCUT2D eigenvalue weighted by atomic mass is 32.1. The van der Waals surface area contributed by atoms with Gasteiger partial charge in [0.25, 0.3) is 5.91 Å². The van der Waals surface area contributed by atoms with E-state index < -0.39 is 11.9 Å². The van der Waals surface area contributed by atoms with Gasteiger partial charge in [0.15, 0.2) is 0 Å². The number of thiophene rings is 1. The van der Waals surface area contributed by atoms with Gasteiger partial charge in [-0.2, -0.15) is 10.4 Å². The largest absolute Gasteiger partial charge is 0.462 e. The summed E-state index contributed by atoms with van der Waals surface area (Å²) in [7, 11) is 0. The molecule has 30 heavy (non-hydrogen) atoms. The third-order valence-electron chi connectivity index (χ3n) is 4.49. The van der Waals surface area contributed by atoms with Crippen LogP contribution in [0.15, 0.2) is 42.1 Å². The number of H-pyrrole nitrogens is 1. The molecule has 2 aromatic heterocycles. The lowest BCUT2D eigenvalue weighted by Crippen LogP contribution is -2.16. The van der Waals surface area contributed by atoms with Gasteiger partial charge in [-0.15, -0.1) is 11.3 Å². The number of amides is 1. The number of nitrogens with zero attached hydrogens (tertiary/aromatic N) is 2. The third-order valence-corrected chi connectivity index (χ3v) is 5.61. The minimum absolute atomic E-state index is 0.105. The number of ether oxygens (including phenoxy) is 1. The Labute approximate surface area is 178 Å². The summed E-state index contributed by atoms with van der Waals surface area (Å²) < 4.78 is 5.11. The Morgan fingerprint density at radius 2 is 2.03 bits per heavy atom. The van der Waals surface area contributed by atoms with E-state index in [1.54, 1.807) is 20.0 Å². The van der Waals surface area contributed by atoms with Crippen molar-refractivity contribution >= 4 is 34.3 Å². The Kier molecular flexibility index (Phi) is 6.45. The number of rotatable bonds is 6. The van der Waals surface area contributed by atoms with Crippen molar-refractivity contribution in [2.45, 2.75) is 20.8 Å². The second-order valence-corrected chi connectivity index (χ2v) is 7.62. The minimum atomic E-state index is -0.607. The summed E-state index contributed by atoms with van der Waals surface area (Å²) in [6.07, 6.45) is 3.02. The minimum Gasteiger partial charge on any atom is -0.462 e. The van der Waals surface area contributed by atoms with Crippen molar-refractivity contribution in [2.24, 2.45) is 0 Å². The van der Waals surface area contributed by atoms with Crippen molar-refractivity contribution in [3.8, 4) is 17.3 Å². The quantitative estimate of drug-likeness (QED) is 0.347. The second kappa shape index (κ2) is 9.20. The number of carbonyl (C=O) groups excluding carboxylic acids is 2. The van der Waals surface area contributed by atoms with E-state index in [1.807, 2.05) is 43.3 Å². The summed E-state index contributed by atoms with van der Waals surface area (Å²) in [5.41, 5.74) is 3.15.